The van der Waals surface area contributed by atoms with Crippen LogP contribution in [0.15, 0.2) is 31.0 Å². The molecule has 3 aliphatic rings. The Labute approximate surface area is 199 Å². The number of amides is 1. The molecule has 3 fully saturated rings. The second kappa shape index (κ2) is 9.43. The molecule has 2 aromatic rings. The lowest BCUT2D eigenvalue weighted by atomic mass is 10.0. The van der Waals surface area contributed by atoms with Gasteiger partial charge < -0.3 is 20.2 Å². The molecule has 1 amide bonds. The second-order valence-electron chi connectivity index (χ2n) is 9.39. The quantitative estimate of drug-likeness (QED) is 0.624. The molecule has 2 aliphatic carbocycles. The van der Waals surface area contributed by atoms with Crippen LogP contribution in [-0.2, 0) is 4.79 Å². The molecule has 3 heterocycles. The summed E-state index contributed by atoms with van der Waals surface area (Å²) >= 11 is 0. The number of pyridine rings is 2. The lowest BCUT2D eigenvalue weighted by Crippen LogP contribution is -2.56. The van der Waals surface area contributed by atoms with Crippen LogP contribution < -0.4 is 10.2 Å². The fraction of sp³-hybridized carbons (Fsp3) is 0.462. The van der Waals surface area contributed by atoms with Crippen LogP contribution in [0, 0.1) is 17.2 Å². The van der Waals surface area contributed by atoms with E-state index in [0.717, 1.165) is 54.3 Å². The Morgan fingerprint density at radius 3 is 2.79 bits per heavy atom. The lowest BCUT2D eigenvalue weighted by Gasteiger charge is -2.42. The van der Waals surface area contributed by atoms with E-state index in [9.17, 15) is 15.2 Å². The number of rotatable bonds is 8. The van der Waals surface area contributed by atoms with Gasteiger partial charge in [0.1, 0.15) is 11.9 Å². The molecule has 5 rings (SSSR count). The lowest BCUT2D eigenvalue weighted by molar-refractivity contribution is -0.135. The molecule has 0 bridgehead atoms. The number of aromatic nitrogens is 2. The van der Waals surface area contributed by atoms with Gasteiger partial charge in [-0.3, -0.25) is 9.78 Å². The van der Waals surface area contributed by atoms with Gasteiger partial charge in [-0.1, -0.05) is 6.58 Å². The Morgan fingerprint density at radius 1 is 1.29 bits per heavy atom. The summed E-state index contributed by atoms with van der Waals surface area (Å²) in [7, 11) is 0. The van der Waals surface area contributed by atoms with Gasteiger partial charge in [-0.2, -0.15) is 5.26 Å². The minimum absolute atomic E-state index is 0.0157. The molecule has 0 radical (unpaired) electrons. The Hall–Kier alpha value is -3.44. The van der Waals surface area contributed by atoms with Gasteiger partial charge in [0.15, 0.2) is 0 Å². The first-order valence-electron chi connectivity index (χ1n) is 12.1. The SMILES string of the molecule is C=Cc1cc(Nc2cc(C#N)c(N3CCN(C(=O)CCO)C(C4CC4)C3)nc2C2CC2)ccn1. The third-order valence-corrected chi connectivity index (χ3v) is 6.92. The van der Waals surface area contributed by atoms with Crippen LogP contribution in [0.3, 0.4) is 0 Å². The maximum Gasteiger partial charge on any atom is 0.225 e. The van der Waals surface area contributed by atoms with E-state index in [1.54, 1.807) is 12.3 Å². The van der Waals surface area contributed by atoms with E-state index in [1.807, 2.05) is 23.1 Å². The largest absolute Gasteiger partial charge is 0.396 e. The van der Waals surface area contributed by atoms with Crippen molar-refractivity contribution in [2.75, 3.05) is 36.5 Å². The van der Waals surface area contributed by atoms with Crippen molar-refractivity contribution in [3.05, 3.63) is 47.9 Å². The fourth-order valence-electron chi connectivity index (χ4n) is 4.84. The molecule has 34 heavy (non-hydrogen) atoms. The summed E-state index contributed by atoms with van der Waals surface area (Å²) in [4.78, 5) is 26.0. The number of nitriles is 1. The van der Waals surface area contributed by atoms with Gasteiger partial charge in [0.25, 0.3) is 0 Å². The van der Waals surface area contributed by atoms with Gasteiger partial charge >= 0.3 is 0 Å². The van der Waals surface area contributed by atoms with Crippen LogP contribution in [0.2, 0.25) is 0 Å². The smallest absolute Gasteiger partial charge is 0.225 e. The maximum absolute atomic E-state index is 12.6. The van der Waals surface area contributed by atoms with Crippen LogP contribution in [-0.4, -0.2) is 58.2 Å². The highest BCUT2D eigenvalue weighted by molar-refractivity contribution is 5.77. The minimum Gasteiger partial charge on any atom is -0.396 e. The fourth-order valence-corrected chi connectivity index (χ4v) is 4.84. The number of hydrogen-bond acceptors (Lipinski definition) is 7. The van der Waals surface area contributed by atoms with Gasteiger partial charge in [-0.15, -0.1) is 0 Å². The van der Waals surface area contributed by atoms with Crippen molar-refractivity contribution in [2.45, 2.75) is 44.1 Å². The Balaban J connectivity index is 1.44. The average Bonchev–Trinajstić information content (AvgIpc) is 3.77. The van der Waals surface area contributed by atoms with Crippen LogP contribution in [0.25, 0.3) is 6.08 Å². The van der Waals surface area contributed by atoms with Gasteiger partial charge in [0.05, 0.1) is 35.3 Å². The van der Waals surface area contributed by atoms with Crippen LogP contribution >= 0.6 is 0 Å². The van der Waals surface area contributed by atoms with Crippen molar-refractivity contribution in [3.63, 3.8) is 0 Å². The van der Waals surface area contributed by atoms with Crippen molar-refractivity contribution in [3.8, 4) is 6.07 Å². The summed E-state index contributed by atoms with van der Waals surface area (Å²) in [6.45, 7) is 5.56. The van der Waals surface area contributed by atoms with E-state index in [4.69, 9.17) is 4.98 Å². The van der Waals surface area contributed by atoms with E-state index in [1.165, 1.54) is 0 Å². The van der Waals surface area contributed by atoms with Crippen LogP contribution in [0.1, 0.15) is 55.0 Å². The van der Waals surface area contributed by atoms with Crippen molar-refractivity contribution < 1.29 is 9.90 Å². The molecule has 1 aliphatic heterocycles. The van der Waals surface area contributed by atoms with E-state index >= 15 is 0 Å². The number of aliphatic hydroxyl groups is 1. The molecule has 176 valence electrons. The van der Waals surface area contributed by atoms with Crippen LogP contribution in [0.5, 0.6) is 0 Å². The maximum atomic E-state index is 12.6. The highest BCUT2D eigenvalue weighted by atomic mass is 16.3. The van der Waals surface area contributed by atoms with Crippen LogP contribution in [0.4, 0.5) is 17.2 Å². The minimum atomic E-state index is -0.123. The summed E-state index contributed by atoms with van der Waals surface area (Å²) in [5.74, 6) is 1.62. The summed E-state index contributed by atoms with van der Waals surface area (Å²) in [6.07, 6.45) is 8.03. The predicted molar refractivity (Wildman–Crippen MR) is 131 cm³/mol. The second-order valence-corrected chi connectivity index (χ2v) is 9.39. The Bertz CT molecular complexity index is 1130. The van der Waals surface area contributed by atoms with E-state index in [-0.39, 0.29) is 25.0 Å². The molecule has 1 atom stereocenters. The summed E-state index contributed by atoms with van der Waals surface area (Å²) in [5, 5.41) is 22.7. The summed E-state index contributed by atoms with van der Waals surface area (Å²) in [5.41, 5.74) is 4.06. The van der Waals surface area contributed by atoms with E-state index < -0.39 is 0 Å². The van der Waals surface area contributed by atoms with Gasteiger partial charge in [-0.05, 0) is 55.9 Å². The van der Waals surface area contributed by atoms with E-state index in [0.29, 0.717) is 37.0 Å². The first kappa shape index (κ1) is 22.4. The molecule has 1 saturated heterocycles. The van der Waals surface area contributed by atoms with Crippen molar-refractivity contribution in [1.82, 2.24) is 14.9 Å². The van der Waals surface area contributed by atoms with Gasteiger partial charge in [0, 0.05) is 43.9 Å². The number of aliphatic hydroxyl groups excluding tert-OH is 1. The molecule has 1 unspecified atom stereocenters. The van der Waals surface area contributed by atoms with Crippen molar-refractivity contribution in [2.24, 2.45) is 5.92 Å². The molecule has 2 saturated carbocycles. The Morgan fingerprint density at radius 2 is 2.12 bits per heavy atom. The molecule has 8 nitrogen and oxygen atoms in total. The average molecular weight is 459 g/mol. The number of piperazine rings is 1. The third-order valence-electron chi connectivity index (χ3n) is 6.92. The molecule has 2 aromatic heterocycles. The van der Waals surface area contributed by atoms with E-state index in [2.05, 4.69) is 27.8 Å². The summed E-state index contributed by atoms with van der Waals surface area (Å²) in [6, 6.07) is 8.20. The molecule has 0 aromatic carbocycles. The summed E-state index contributed by atoms with van der Waals surface area (Å²) < 4.78 is 0. The highest BCUT2D eigenvalue weighted by Gasteiger charge is 2.41. The first-order valence-corrected chi connectivity index (χ1v) is 12.1. The molecule has 2 N–H and O–H groups in total. The number of nitrogens with zero attached hydrogens (tertiary/aromatic N) is 5. The number of nitrogens with one attached hydrogen (secondary N) is 1. The normalized spacial score (nSPS) is 20.1. The molecular formula is C26H30N6O2. The highest BCUT2D eigenvalue weighted by Crippen LogP contribution is 2.45. The first-order chi connectivity index (χ1) is 16.6. The van der Waals surface area contributed by atoms with Gasteiger partial charge in [-0.25, -0.2) is 4.98 Å². The number of hydrogen-bond donors (Lipinski definition) is 2. The Kier molecular flexibility index (Phi) is 6.20. The molecule has 0 spiro atoms. The van der Waals surface area contributed by atoms with Gasteiger partial charge in [0.2, 0.25) is 5.91 Å². The topological polar surface area (TPSA) is 105 Å². The number of carbonyl (C=O) groups excluding carboxylic acids is 1. The molecule has 8 heteroatoms. The third kappa shape index (κ3) is 4.62. The zero-order valence-electron chi connectivity index (χ0n) is 19.3. The zero-order valence-corrected chi connectivity index (χ0v) is 19.3. The molecular weight excluding hydrogens is 428 g/mol. The van der Waals surface area contributed by atoms with Crippen molar-refractivity contribution >= 4 is 29.2 Å². The number of anilines is 3. The predicted octanol–water partition coefficient (Wildman–Crippen LogP) is 3.42. The monoisotopic (exact) mass is 458 g/mol. The number of carbonyl (C=O) groups is 1. The standard InChI is InChI=1S/C26H30N6O2/c1-2-20-14-21(7-9-28-20)29-22-13-19(15-27)26(30-25(22)18-5-6-18)31-10-11-32(24(34)8-12-33)23(16-31)17-3-4-17/h2,7,9,13-14,17-18,23,33H,1,3-6,8,10-12,16H2,(H,28,29). The zero-order chi connectivity index (χ0) is 23.7. The van der Waals surface area contributed by atoms with Crippen molar-refractivity contribution in [1.29, 1.82) is 5.26 Å².